The average Bonchev–Trinajstić information content (AvgIpc) is 3.95. The third kappa shape index (κ3) is 6.88. The van der Waals surface area contributed by atoms with Gasteiger partial charge in [0.1, 0.15) is 0 Å². The Morgan fingerprint density at radius 3 is 1.49 bits per heavy atom. The van der Waals surface area contributed by atoms with Crippen LogP contribution < -0.4 is 4.90 Å². The van der Waals surface area contributed by atoms with E-state index in [1.807, 2.05) is 11.3 Å². The van der Waals surface area contributed by atoms with Crippen molar-refractivity contribution in [3.63, 3.8) is 0 Å². The number of aromatic nitrogens is 1. The minimum absolute atomic E-state index is 1.10. The summed E-state index contributed by atoms with van der Waals surface area (Å²) < 4.78 is 5.00. The third-order valence-electron chi connectivity index (χ3n) is 13.4. The summed E-state index contributed by atoms with van der Waals surface area (Å²) in [6.45, 7) is 0. The highest BCUT2D eigenvalue weighted by Crippen LogP contribution is 2.43. The first-order valence-electron chi connectivity index (χ1n) is 22.9. The summed E-state index contributed by atoms with van der Waals surface area (Å²) in [6.07, 6.45) is 0. The second-order valence-electron chi connectivity index (χ2n) is 17.3. The molecule has 2 aromatic heterocycles. The first-order valence-corrected chi connectivity index (χ1v) is 23.7. The molecular formula is C64H42N2S. The standard InChI is InChI=1S/C64H42N2S/c1-2-13-48-41-51(29-28-43(48)12-1)50-15-11-14-49(40-50)46-26-24-44(25-27-46)45-30-34-52(35-31-45)65(54-38-39-59-58-19-6-10-23-63(58)67-64(59)42-54)53-36-32-47(33-37-53)55-16-3-7-20-60(55)66-61-21-8-4-17-56(61)57-18-5-9-22-62(57)66/h1-42H. The van der Waals surface area contributed by atoms with Gasteiger partial charge in [0.05, 0.1) is 16.7 Å². The van der Waals surface area contributed by atoms with Gasteiger partial charge in [-0.05, 0) is 123 Å². The molecule has 0 fully saturated rings. The molecule has 0 unspecified atom stereocenters. The molecule has 0 bridgehead atoms. The van der Waals surface area contributed by atoms with Gasteiger partial charge in [0.2, 0.25) is 0 Å². The average molecular weight is 871 g/mol. The minimum atomic E-state index is 1.10. The van der Waals surface area contributed by atoms with Crippen LogP contribution in [0.3, 0.4) is 0 Å². The van der Waals surface area contributed by atoms with Crippen LogP contribution in [0, 0.1) is 0 Å². The molecule has 0 spiro atoms. The molecule has 67 heavy (non-hydrogen) atoms. The Hall–Kier alpha value is -8.50. The van der Waals surface area contributed by atoms with E-state index in [-0.39, 0.29) is 0 Å². The van der Waals surface area contributed by atoms with Gasteiger partial charge in [-0.1, -0.05) is 182 Å². The highest BCUT2D eigenvalue weighted by atomic mass is 32.1. The van der Waals surface area contributed by atoms with Crippen LogP contribution in [0.15, 0.2) is 255 Å². The Balaban J connectivity index is 0.846. The molecule has 0 aliphatic carbocycles. The molecule has 0 saturated heterocycles. The molecule has 2 nitrogen and oxygen atoms in total. The summed E-state index contributed by atoms with van der Waals surface area (Å²) in [6, 6.07) is 93.1. The highest BCUT2D eigenvalue weighted by molar-refractivity contribution is 7.25. The maximum absolute atomic E-state index is 2.42. The van der Waals surface area contributed by atoms with Crippen LogP contribution in [0.4, 0.5) is 17.1 Å². The Bertz CT molecular complexity index is 3920. The van der Waals surface area contributed by atoms with Crippen molar-refractivity contribution < 1.29 is 0 Å². The van der Waals surface area contributed by atoms with Gasteiger partial charge in [-0.3, -0.25) is 0 Å². The fourth-order valence-electron chi connectivity index (χ4n) is 10.1. The molecule has 0 atom stereocenters. The minimum Gasteiger partial charge on any atom is -0.310 e. The van der Waals surface area contributed by atoms with Gasteiger partial charge in [-0.15, -0.1) is 11.3 Å². The largest absolute Gasteiger partial charge is 0.310 e. The van der Waals surface area contributed by atoms with Crippen molar-refractivity contribution in [3.8, 4) is 50.2 Å². The number of rotatable bonds is 8. The molecule has 0 radical (unpaired) electrons. The number of thiophene rings is 1. The summed E-state index contributed by atoms with van der Waals surface area (Å²) in [5, 5.41) is 7.64. The zero-order chi connectivity index (χ0) is 44.3. The Morgan fingerprint density at radius 1 is 0.284 bits per heavy atom. The molecule has 314 valence electrons. The van der Waals surface area contributed by atoms with Gasteiger partial charge in [-0.25, -0.2) is 0 Å². The van der Waals surface area contributed by atoms with E-state index < -0.39 is 0 Å². The summed E-state index contributed by atoms with van der Waals surface area (Å²) in [7, 11) is 0. The van der Waals surface area contributed by atoms with Crippen LogP contribution in [-0.2, 0) is 0 Å². The van der Waals surface area contributed by atoms with Gasteiger partial charge in [0.15, 0.2) is 0 Å². The molecule has 13 aromatic rings. The molecule has 0 aliphatic rings. The summed E-state index contributed by atoms with van der Waals surface area (Å²) in [4.78, 5) is 2.39. The van der Waals surface area contributed by atoms with Crippen LogP contribution in [-0.4, -0.2) is 4.57 Å². The smallest absolute Gasteiger partial charge is 0.0541 e. The van der Waals surface area contributed by atoms with E-state index in [0.29, 0.717) is 0 Å². The van der Waals surface area contributed by atoms with Gasteiger partial charge in [-0.2, -0.15) is 0 Å². The van der Waals surface area contributed by atoms with E-state index in [1.54, 1.807) is 0 Å². The van der Waals surface area contributed by atoms with Crippen LogP contribution in [0.1, 0.15) is 0 Å². The zero-order valence-electron chi connectivity index (χ0n) is 36.6. The lowest BCUT2D eigenvalue weighted by Gasteiger charge is -2.26. The van der Waals surface area contributed by atoms with Crippen molar-refractivity contribution in [1.29, 1.82) is 0 Å². The maximum atomic E-state index is 2.42. The van der Waals surface area contributed by atoms with E-state index in [0.717, 1.165) is 22.7 Å². The molecule has 0 N–H and O–H groups in total. The molecule has 11 aromatic carbocycles. The zero-order valence-corrected chi connectivity index (χ0v) is 37.4. The summed E-state index contributed by atoms with van der Waals surface area (Å²) in [5.74, 6) is 0. The first-order chi connectivity index (χ1) is 33.2. The Kier molecular flexibility index (Phi) is 9.40. The van der Waals surface area contributed by atoms with Crippen molar-refractivity contribution in [2.45, 2.75) is 0 Å². The normalized spacial score (nSPS) is 11.6. The number of fused-ring (bicyclic) bond motifs is 7. The van der Waals surface area contributed by atoms with Crippen LogP contribution >= 0.6 is 11.3 Å². The van der Waals surface area contributed by atoms with Crippen molar-refractivity contribution in [2.24, 2.45) is 0 Å². The molecular weight excluding hydrogens is 829 g/mol. The lowest BCUT2D eigenvalue weighted by molar-refractivity contribution is 1.18. The molecule has 13 rings (SSSR count). The molecule has 3 heteroatoms. The van der Waals surface area contributed by atoms with E-state index in [2.05, 4.69) is 264 Å². The topological polar surface area (TPSA) is 8.17 Å². The van der Waals surface area contributed by atoms with E-state index >= 15 is 0 Å². The van der Waals surface area contributed by atoms with E-state index in [1.165, 1.54) is 97.3 Å². The predicted molar refractivity (Wildman–Crippen MR) is 288 cm³/mol. The number of benzene rings is 11. The fraction of sp³-hybridized carbons (Fsp3) is 0. The van der Waals surface area contributed by atoms with Gasteiger partial charge in [0, 0.05) is 53.6 Å². The molecule has 2 heterocycles. The lowest BCUT2D eigenvalue weighted by Crippen LogP contribution is -2.09. The maximum Gasteiger partial charge on any atom is 0.0541 e. The number of hydrogen-bond acceptors (Lipinski definition) is 2. The lowest BCUT2D eigenvalue weighted by atomic mass is 9.96. The van der Waals surface area contributed by atoms with Crippen LogP contribution in [0.5, 0.6) is 0 Å². The second kappa shape index (κ2) is 16.2. The van der Waals surface area contributed by atoms with Gasteiger partial charge in [0.25, 0.3) is 0 Å². The van der Waals surface area contributed by atoms with Gasteiger partial charge >= 0.3 is 0 Å². The Morgan fingerprint density at radius 2 is 0.776 bits per heavy atom. The SMILES string of the molecule is c1cc(-c2ccc(-c3ccc(N(c4ccc(-c5ccccc5-n5c6ccccc6c6ccccc65)cc4)c4ccc5c(c4)sc4ccccc45)cc3)cc2)cc(-c2ccc3ccccc3c2)c1. The summed E-state index contributed by atoms with van der Waals surface area (Å²) >= 11 is 1.85. The van der Waals surface area contributed by atoms with E-state index in [9.17, 15) is 0 Å². The fourth-order valence-corrected chi connectivity index (χ4v) is 11.2. The highest BCUT2D eigenvalue weighted by Gasteiger charge is 2.18. The van der Waals surface area contributed by atoms with Crippen molar-refractivity contribution >= 4 is 81.1 Å². The van der Waals surface area contributed by atoms with E-state index in [4.69, 9.17) is 0 Å². The number of nitrogens with zero attached hydrogens (tertiary/aromatic N) is 2. The Labute approximate surface area is 393 Å². The van der Waals surface area contributed by atoms with Crippen molar-refractivity contribution in [2.75, 3.05) is 4.90 Å². The molecule has 0 aliphatic heterocycles. The van der Waals surface area contributed by atoms with Crippen LogP contribution in [0.25, 0.3) is 103 Å². The molecule has 0 amide bonds. The quantitative estimate of drug-likeness (QED) is 0.148. The third-order valence-corrected chi connectivity index (χ3v) is 14.5. The predicted octanol–water partition coefficient (Wildman–Crippen LogP) is 18.4. The number of anilines is 3. The van der Waals surface area contributed by atoms with Crippen LogP contribution in [0.2, 0.25) is 0 Å². The molecule has 0 saturated carbocycles. The van der Waals surface area contributed by atoms with Crippen molar-refractivity contribution in [1.82, 2.24) is 4.57 Å². The monoisotopic (exact) mass is 870 g/mol. The van der Waals surface area contributed by atoms with Crippen molar-refractivity contribution in [3.05, 3.63) is 255 Å². The summed E-state index contributed by atoms with van der Waals surface area (Å²) in [5.41, 5.74) is 16.5. The second-order valence-corrected chi connectivity index (χ2v) is 18.4. The first kappa shape index (κ1) is 38.9. The van der Waals surface area contributed by atoms with Gasteiger partial charge < -0.3 is 9.47 Å². The number of hydrogen-bond donors (Lipinski definition) is 0. The number of para-hydroxylation sites is 3.